The largest absolute Gasteiger partial charge is 0.472 e. The number of likely N-dealkylation sites (N-methyl/N-ethyl adjacent to an activating group) is 1. The van der Waals surface area contributed by atoms with Gasteiger partial charge in [0.25, 0.3) is 0 Å². The van der Waals surface area contributed by atoms with Crippen LogP contribution in [0.25, 0.3) is 0 Å². The SMILES string of the molecule is CC/C=C\C/C=C\C/C=C\C/C=C\C/C=C\CCCCCCCCOCC(COP(=O)(O)OCC[N+](C)(C)C)OC(=O)CC/C=C\C/C=C\C/C=C\C/C=C\CC. The van der Waals surface area contributed by atoms with Crippen LogP contribution in [0.2, 0.25) is 0 Å². The standard InChI is InChI=1S/C48H80NO7P/c1-6-8-10-12-14-16-18-20-21-22-23-24-25-26-27-28-30-32-34-36-38-40-43-53-45-47(46-55-57(51,52)54-44-42-49(3,4)5)56-48(50)41-39-37-35-33-31-29-19-17-15-13-11-9-7-2/h8-11,14-17,20-21,23-24,26-27,29,31,35,37,47H,6-7,12-13,18-19,22,25,28,30,32-34,36,38-46H2,1-5H3/p+1/b10-8-,11-9-,16-14-,17-15-,21-20-,24-23-,27-26-,31-29-,37-35-. The lowest BCUT2D eigenvalue weighted by atomic mass is 10.1. The first kappa shape index (κ1) is 54.2. The molecule has 1 N–H and O–H groups in total. The van der Waals surface area contributed by atoms with E-state index in [2.05, 4.69) is 111 Å². The van der Waals surface area contributed by atoms with Gasteiger partial charge in [0, 0.05) is 13.0 Å². The molecule has 0 bridgehead atoms. The van der Waals surface area contributed by atoms with Gasteiger partial charge in [0.1, 0.15) is 19.3 Å². The first-order chi connectivity index (χ1) is 27.6. The third kappa shape index (κ3) is 44.1. The van der Waals surface area contributed by atoms with E-state index in [1.54, 1.807) is 0 Å². The van der Waals surface area contributed by atoms with Crippen LogP contribution < -0.4 is 0 Å². The summed E-state index contributed by atoms with van der Waals surface area (Å²) in [6.07, 6.45) is 55.8. The lowest BCUT2D eigenvalue weighted by Crippen LogP contribution is -2.37. The second kappa shape index (κ2) is 40.0. The highest BCUT2D eigenvalue weighted by molar-refractivity contribution is 7.47. The molecule has 57 heavy (non-hydrogen) atoms. The van der Waals surface area contributed by atoms with Crippen molar-refractivity contribution in [3.63, 3.8) is 0 Å². The molecule has 0 saturated carbocycles. The minimum atomic E-state index is -4.30. The molecule has 0 radical (unpaired) electrons. The molecule has 324 valence electrons. The smallest absolute Gasteiger partial charge is 0.457 e. The Bertz CT molecular complexity index is 1270. The molecule has 0 rings (SSSR count). The van der Waals surface area contributed by atoms with Crippen LogP contribution in [-0.2, 0) is 27.9 Å². The lowest BCUT2D eigenvalue weighted by molar-refractivity contribution is -0.870. The second-order valence-corrected chi connectivity index (χ2v) is 16.4. The molecule has 0 spiro atoms. The van der Waals surface area contributed by atoms with Crippen molar-refractivity contribution >= 4 is 13.8 Å². The van der Waals surface area contributed by atoms with E-state index in [-0.39, 0.29) is 26.2 Å². The minimum absolute atomic E-state index is 0.0660. The topological polar surface area (TPSA) is 91.3 Å². The van der Waals surface area contributed by atoms with E-state index < -0.39 is 19.9 Å². The summed E-state index contributed by atoms with van der Waals surface area (Å²) in [5.74, 6) is -0.405. The Kier molecular flexibility index (Phi) is 38.0. The number of allylic oxidation sites excluding steroid dienone is 18. The van der Waals surface area contributed by atoms with Crippen molar-refractivity contribution in [2.24, 2.45) is 0 Å². The molecular weight excluding hydrogens is 734 g/mol. The second-order valence-electron chi connectivity index (χ2n) is 15.0. The Morgan fingerprint density at radius 3 is 1.44 bits per heavy atom. The van der Waals surface area contributed by atoms with Crippen LogP contribution in [0.1, 0.15) is 129 Å². The van der Waals surface area contributed by atoms with Gasteiger partial charge in [0.05, 0.1) is 34.4 Å². The molecule has 2 unspecified atom stereocenters. The zero-order chi connectivity index (χ0) is 42.0. The third-order valence-electron chi connectivity index (χ3n) is 8.34. The average molecular weight is 815 g/mol. The van der Waals surface area contributed by atoms with Crippen LogP contribution in [-0.4, -0.2) is 75.6 Å². The van der Waals surface area contributed by atoms with Crippen molar-refractivity contribution in [1.29, 1.82) is 0 Å². The van der Waals surface area contributed by atoms with Crippen molar-refractivity contribution in [1.82, 2.24) is 0 Å². The summed E-state index contributed by atoms with van der Waals surface area (Å²) in [7, 11) is 1.59. The van der Waals surface area contributed by atoms with Crippen molar-refractivity contribution in [2.45, 2.75) is 136 Å². The summed E-state index contributed by atoms with van der Waals surface area (Å²) >= 11 is 0. The summed E-state index contributed by atoms with van der Waals surface area (Å²) in [4.78, 5) is 22.8. The molecule has 2 atom stereocenters. The molecule has 0 aromatic rings. The summed E-state index contributed by atoms with van der Waals surface area (Å²) in [6, 6.07) is 0. The number of carbonyl (C=O) groups excluding carboxylic acids is 1. The van der Waals surface area contributed by atoms with Crippen molar-refractivity contribution < 1.29 is 37.3 Å². The molecule has 0 saturated heterocycles. The Labute approximate surface area is 349 Å². The molecule has 0 aliphatic rings. The molecule has 8 nitrogen and oxygen atoms in total. The van der Waals surface area contributed by atoms with E-state index in [9.17, 15) is 14.3 Å². The fourth-order valence-corrected chi connectivity index (χ4v) is 5.80. The number of carbonyl (C=O) groups is 1. The molecule has 0 aromatic carbocycles. The number of hydrogen-bond donors (Lipinski definition) is 1. The van der Waals surface area contributed by atoms with Gasteiger partial charge in [-0.2, -0.15) is 0 Å². The first-order valence-corrected chi connectivity index (χ1v) is 23.1. The molecule has 0 fully saturated rings. The number of rotatable bonds is 38. The number of unbranched alkanes of at least 4 members (excludes halogenated alkanes) is 6. The Hall–Kier alpha value is -2.84. The number of esters is 1. The van der Waals surface area contributed by atoms with Gasteiger partial charge >= 0.3 is 13.8 Å². The van der Waals surface area contributed by atoms with E-state index in [4.69, 9.17) is 18.5 Å². The number of quaternary nitrogens is 1. The van der Waals surface area contributed by atoms with Crippen LogP contribution in [0.3, 0.4) is 0 Å². The van der Waals surface area contributed by atoms with Crippen LogP contribution in [0, 0.1) is 0 Å². The molecule has 0 aliphatic carbocycles. The van der Waals surface area contributed by atoms with Gasteiger partial charge < -0.3 is 18.9 Å². The van der Waals surface area contributed by atoms with Crippen molar-refractivity contribution in [2.75, 3.05) is 54.1 Å². The number of ether oxygens (including phenoxy) is 2. The Balaban J connectivity index is 4.34. The maximum absolute atomic E-state index is 12.6. The van der Waals surface area contributed by atoms with Gasteiger partial charge in [0.15, 0.2) is 0 Å². The molecule has 0 aliphatic heterocycles. The number of hydrogen-bond acceptors (Lipinski definition) is 6. The zero-order valence-electron chi connectivity index (χ0n) is 36.5. The van der Waals surface area contributed by atoms with E-state index in [0.29, 0.717) is 24.1 Å². The van der Waals surface area contributed by atoms with E-state index >= 15 is 0 Å². The van der Waals surface area contributed by atoms with E-state index in [1.165, 1.54) is 19.3 Å². The van der Waals surface area contributed by atoms with Gasteiger partial charge in [-0.25, -0.2) is 4.57 Å². The first-order valence-electron chi connectivity index (χ1n) is 21.6. The van der Waals surface area contributed by atoms with Crippen LogP contribution in [0.4, 0.5) is 0 Å². The number of phosphoric acid groups is 1. The highest BCUT2D eigenvalue weighted by Gasteiger charge is 2.26. The fraction of sp³-hybridized carbons (Fsp3) is 0.604. The quantitative estimate of drug-likeness (QED) is 0.0218. The highest BCUT2D eigenvalue weighted by atomic mass is 31.2. The summed E-state index contributed by atoms with van der Waals surface area (Å²) in [6.45, 7) is 5.21. The molecule has 9 heteroatoms. The maximum atomic E-state index is 12.6. The molecule has 0 amide bonds. The van der Waals surface area contributed by atoms with Crippen LogP contribution in [0.5, 0.6) is 0 Å². The minimum Gasteiger partial charge on any atom is -0.457 e. The normalized spacial score (nSPS) is 14.8. The molecular formula is C48H81NO7P+. The fourth-order valence-electron chi connectivity index (χ4n) is 5.06. The number of nitrogens with zero attached hydrogens (tertiary/aromatic N) is 1. The van der Waals surface area contributed by atoms with Crippen LogP contribution >= 0.6 is 7.82 Å². The maximum Gasteiger partial charge on any atom is 0.472 e. The monoisotopic (exact) mass is 815 g/mol. The van der Waals surface area contributed by atoms with Gasteiger partial charge in [-0.15, -0.1) is 0 Å². The van der Waals surface area contributed by atoms with Gasteiger partial charge in [-0.3, -0.25) is 13.8 Å². The Morgan fingerprint density at radius 2 is 0.965 bits per heavy atom. The summed E-state index contributed by atoms with van der Waals surface area (Å²) in [5.41, 5.74) is 0. The lowest BCUT2D eigenvalue weighted by Gasteiger charge is -2.24. The third-order valence-corrected chi connectivity index (χ3v) is 9.33. The molecule has 0 heterocycles. The van der Waals surface area contributed by atoms with Crippen LogP contribution in [0.15, 0.2) is 109 Å². The van der Waals surface area contributed by atoms with Gasteiger partial charge in [-0.1, -0.05) is 149 Å². The summed E-state index contributed by atoms with van der Waals surface area (Å²) in [5, 5.41) is 0. The van der Waals surface area contributed by atoms with Gasteiger partial charge in [0.2, 0.25) is 0 Å². The summed E-state index contributed by atoms with van der Waals surface area (Å²) < 4.78 is 34.8. The van der Waals surface area contributed by atoms with E-state index in [1.807, 2.05) is 33.3 Å². The Morgan fingerprint density at radius 1 is 0.544 bits per heavy atom. The van der Waals surface area contributed by atoms with Gasteiger partial charge in [-0.05, 0) is 83.5 Å². The van der Waals surface area contributed by atoms with E-state index in [0.717, 1.165) is 83.5 Å². The zero-order valence-corrected chi connectivity index (χ0v) is 37.4. The number of phosphoric ester groups is 1. The van der Waals surface area contributed by atoms with Crippen molar-refractivity contribution in [3.8, 4) is 0 Å². The van der Waals surface area contributed by atoms with Crippen molar-refractivity contribution in [3.05, 3.63) is 109 Å². The predicted octanol–water partition coefficient (Wildman–Crippen LogP) is 12.8. The molecule has 0 aromatic heterocycles. The predicted molar refractivity (Wildman–Crippen MR) is 242 cm³/mol. The highest BCUT2D eigenvalue weighted by Crippen LogP contribution is 2.43. The average Bonchev–Trinajstić information content (AvgIpc) is 3.16.